The first kappa shape index (κ1) is 15.8. The van der Waals surface area contributed by atoms with E-state index >= 15 is 0 Å². The first-order valence-electron chi connectivity index (χ1n) is 8.64. The molecule has 2 amide bonds. The van der Waals surface area contributed by atoms with Crippen LogP contribution in [-0.2, 0) is 9.59 Å². The minimum Gasteiger partial charge on any atom is -0.340 e. The van der Waals surface area contributed by atoms with Gasteiger partial charge in [-0.2, -0.15) is 0 Å². The van der Waals surface area contributed by atoms with E-state index in [1.165, 1.54) is 0 Å². The summed E-state index contributed by atoms with van der Waals surface area (Å²) in [5.41, 5.74) is -0.0242. The molecule has 0 radical (unpaired) electrons. The molecule has 22 heavy (non-hydrogen) atoms. The monoisotopic (exact) mass is 307 g/mol. The maximum Gasteiger partial charge on any atom is 0.245 e. The van der Waals surface area contributed by atoms with Crippen molar-refractivity contribution in [1.29, 1.82) is 0 Å². The van der Waals surface area contributed by atoms with E-state index in [-0.39, 0.29) is 23.3 Å². The van der Waals surface area contributed by atoms with Gasteiger partial charge in [0.05, 0.1) is 0 Å². The second-order valence-corrected chi connectivity index (χ2v) is 8.40. The summed E-state index contributed by atoms with van der Waals surface area (Å²) in [6.45, 7) is 10.8. The summed E-state index contributed by atoms with van der Waals surface area (Å²) in [5.74, 6) is 1.56. The Morgan fingerprint density at radius 2 is 1.77 bits per heavy atom. The van der Waals surface area contributed by atoms with Gasteiger partial charge in [0, 0.05) is 39.1 Å². The molecule has 3 rings (SSSR count). The quantitative estimate of drug-likeness (QED) is 0.831. The molecule has 5 heteroatoms. The van der Waals surface area contributed by atoms with Gasteiger partial charge in [-0.25, -0.2) is 0 Å². The predicted octanol–water partition coefficient (Wildman–Crippen LogP) is 1.09. The summed E-state index contributed by atoms with van der Waals surface area (Å²) in [6.07, 6.45) is 2.30. The number of nitrogens with one attached hydrogen (secondary N) is 1. The lowest BCUT2D eigenvalue weighted by atomic mass is 9.91. The van der Waals surface area contributed by atoms with Crippen molar-refractivity contribution in [3.05, 3.63) is 0 Å². The van der Waals surface area contributed by atoms with Gasteiger partial charge in [-0.15, -0.1) is 0 Å². The maximum atomic E-state index is 12.9. The van der Waals surface area contributed by atoms with Crippen molar-refractivity contribution in [2.45, 2.75) is 46.1 Å². The smallest absolute Gasteiger partial charge is 0.245 e. The van der Waals surface area contributed by atoms with Crippen LogP contribution in [0.2, 0.25) is 0 Å². The number of rotatable bonds is 2. The summed E-state index contributed by atoms with van der Waals surface area (Å²) in [7, 11) is 0. The molecule has 0 aromatic heterocycles. The van der Waals surface area contributed by atoms with Crippen LogP contribution in [-0.4, -0.2) is 60.4 Å². The molecule has 124 valence electrons. The predicted molar refractivity (Wildman–Crippen MR) is 85.2 cm³/mol. The molecule has 5 nitrogen and oxygen atoms in total. The second kappa shape index (κ2) is 5.84. The Hall–Kier alpha value is -1.10. The van der Waals surface area contributed by atoms with E-state index in [0.717, 1.165) is 45.6 Å². The fraction of sp³-hybridized carbons (Fsp3) is 0.882. The van der Waals surface area contributed by atoms with Gasteiger partial charge >= 0.3 is 0 Å². The molecule has 0 aliphatic carbocycles. The van der Waals surface area contributed by atoms with E-state index in [1.54, 1.807) is 0 Å². The maximum absolute atomic E-state index is 12.9. The van der Waals surface area contributed by atoms with Crippen molar-refractivity contribution in [3.8, 4) is 0 Å². The Labute approximate surface area is 133 Å². The van der Waals surface area contributed by atoms with Crippen LogP contribution >= 0.6 is 0 Å². The van der Waals surface area contributed by atoms with E-state index in [0.29, 0.717) is 18.3 Å². The fourth-order valence-corrected chi connectivity index (χ4v) is 4.12. The zero-order chi connectivity index (χ0) is 15.9. The molecular weight excluding hydrogens is 278 g/mol. The first-order valence-corrected chi connectivity index (χ1v) is 8.64. The average Bonchev–Trinajstić information content (AvgIpc) is 3.10. The van der Waals surface area contributed by atoms with Crippen LogP contribution in [0.15, 0.2) is 0 Å². The minimum atomic E-state index is -0.207. The molecular formula is C17H29N3O2. The number of carbonyl (C=O) groups is 2. The summed E-state index contributed by atoms with van der Waals surface area (Å²) in [6, 6.07) is -0.207. The number of fused-ring (bicyclic) bond motifs is 1. The fourth-order valence-electron chi connectivity index (χ4n) is 4.12. The summed E-state index contributed by atoms with van der Waals surface area (Å²) < 4.78 is 0. The highest BCUT2D eigenvalue weighted by atomic mass is 16.2. The third-order valence-electron chi connectivity index (χ3n) is 5.24. The van der Waals surface area contributed by atoms with Crippen molar-refractivity contribution in [2.24, 2.45) is 17.3 Å². The molecule has 0 aromatic carbocycles. The Kier molecular flexibility index (Phi) is 4.19. The molecule has 0 bridgehead atoms. The van der Waals surface area contributed by atoms with E-state index in [1.807, 2.05) is 9.80 Å². The normalized spacial score (nSPS) is 31.7. The van der Waals surface area contributed by atoms with Crippen LogP contribution < -0.4 is 5.32 Å². The zero-order valence-electron chi connectivity index (χ0n) is 14.1. The highest BCUT2D eigenvalue weighted by molar-refractivity contribution is 5.88. The Morgan fingerprint density at radius 1 is 1.14 bits per heavy atom. The van der Waals surface area contributed by atoms with Gasteiger partial charge in [0.15, 0.2) is 0 Å². The summed E-state index contributed by atoms with van der Waals surface area (Å²) in [4.78, 5) is 29.3. The number of likely N-dealkylation sites (tertiary alicyclic amines) is 2. The molecule has 0 spiro atoms. The van der Waals surface area contributed by atoms with Crippen LogP contribution in [0.4, 0.5) is 0 Å². The first-order chi connectivity index (χ1) is 10.3. The highest BCUT2D eigenvalue weighted by Gasteiger charge is 2.43. The Morgan fingerprint density at radius 3 is 2.36 bits per heavy atom. The second-order valence-electron chi connectivity index (χ2n) is 8.40. The molecule has 3 aliphatic rings. The number of carbonyl (C=O) groups excluding carboxylic acids is 2. The molecule has 3 saturated heterocycles. The highest BCUT2D eigenvalue weighted by Crippen LogP contribution is 2.30. The summed E-state index contributed by atoms with van der Waals surface area (Å²) >= 11 is 0. The van der Waals surface area contributed by atoms with Gasteiger partial charge in [-0.1, -0.05) is 20.8 Å². The van der Waals surface area contributed by atoms with Gasteiger partial charge in [0.25, 0.3) is 0 Å². The minimum absolute atomic E-state index is 0.0242. The van der Waals surface area contributed by atoms with Crippen molar-refractivity contribution in [3.63, 3.8) is 0 Å². The molecule has 3 heterocycles. The lowest BCUT2D eigenvalue weighted by Gasteiger charge is -2.30. The molecule has 3 fully saturated rings. The van der Waals surface area contributed by atoms with Gasteiger partial charge in [0.1, 0.15) is 6.04 Å². The van der Waals surface area contributed by atoms with Gasteiger partial charge in [0.2, 0.25) is 11.8 Å². The van der Waals surface area contributed by atoms with Crippen LogP contribution in [0, 0.1) is 17.3 Å². The van der Waals surface area contributed by atoms with Gasteiger partial charge in [-0.3, -0.25) is 9.59 Å². The standard InChI is InChI=1S/C17H29N3O2/c1-17(2,3)7-15(21)20-6-4-5-14(20)16(22)19-10-12-8-18-9-13(12)11-19/h12-14,18H,4-11H2,1-3H3/t12-,13+,14?. The number of hydrogen-bond donors (Lipinski definition) is 1. The van der Waals surface area contributed by atoms with Gasteiger partial charge < -0.3 is 15.1 Å². The zero-order valence-corrected chi connectivity index (χ0v) is 14.1. The van der Waals surface area contributed by atoms with Crippen LogP contribution in [0.25, 0.3) is 0 Å². The van der Waals surface area contributed by atoms with Gasteiger partial charge in [-0.05, 0) is 30.1 Å². The number of amides is 2. The Balaban J connectivity index is 1.63. The van der Waals surface area contributed by atoms with Crippen LogP contribution in [0.5, 0.6) is 0 Å². The molecule has 0 saturated carbocycles. The van der Waals surface area contributed by atoms with Crippen molar-refractivity contribution in [1.82, 2.24) is 15.1 Å². The number of hydrogen-bond acceptors (Lipinski definition) is 3. The van der Waals surface area contributed by atoms with E-state index in [4.69, 9.17) is 0 Å². The van der Waals surface area contributed by atoms with E-state index in [9.17, 15) is 9.59 Å². The van der Waals surface area contributed by atoms with Crippen molar-refractivity contribution >= 4 is 11.8 Å². The topological polar surface area (TPSA) is 52.7 Å². The molecule has 1 N–H and O–H groups in total. The summed E-state index contributed by atoms with van der Waals surface area (Å²) in [5, 5.41) is 3.40. The van der Waals surface area contributed by atoms with Crippen LogP contribution in [0.3, 0.4) is 0 Å². The molecule has 3 atom stereocenters. The van der Waals surface area contributed by atoms with Crippen LogP contribution in [0.1, 0.15) is 40.0 Å². The average molecular weight is 307 g/mol. The largest absolute Gasteiger partial charge is 0.340 e. The lowest BCUT2D eigenvalue weighted by molar-refractivity contribution is -0.144. The van der Waals surface area contributed by atoms with Crippen molar-refractivity contribution in [2.75, 3.05) is 32.7 Å². The van der Waals surface area contributed by atoms with E-state index in [2.05, 4.69) is 26.1 Å². The molecule has 0 aromatic rings. The third-order valence-corrected chi connectivity index (χ3v) is 5.24. The molecule has 1 unspecified atom stereocenters. The lowest BCUT2D eigenvalue weighted by Crippen LogP contribution is -2.48. The van der Waals surface area contributed by atoms with E-state index < -0.39 is 0 Å². The third kappa shape index (κ3) is 3.14. The Bertz CT molecular complexity index is 445. The SMILES string of the molecule is CC(C)(C)CC(=O)N1CCCC1C(=O)N1C[C@H]2CNC[C@H]2C1. The molecule has 3 aliphatic heterocycles. The number of nitrogens with zero attached hydrogens (tertiary/aromatic N) is 2. The van der Waals surface area contributed by atoms with Crippen molar-refractivity contribution < 1.29 is 9.59 Å².